The molecule has 0 radical (unpaired) electrons. The van der Waals surface area contributed by atoms with Crippen LogP contribution < -0.4 is 14.2 Å². The minimum Gasteiger partial charge on any atom is -0.486 e. The molecule has 0 fully saturated rings. The maximum atomic E-state index is 12.1. The van der Waals surface area contributed by atoms with Gasteiger partial charge in [-0.15, -0.1) is 0 Å². The SMILES string of the molecule is O=S(=O)(Nc1ccc2c(c1)OCCO2)c1cccnc1. The van der Waals surface area contributed by atoms with E-state index in [0.29, 0.717) is 30.4 Å². The molecule has 0 atom stereocenters. The van der Waals surface area contributed by atoms with Gasteiger partial charge in [0, 0.05) is 18.5 Å². The van der Waals surface area contributed by atoms with E-state index in [1.807, 2.05) is 0 Å². The predicted molar refractivity (Wildman–Crippen MR) is 72.5 cm³/mol. The van der Waals surface area contributed by atoms with Crippen LogP contribution in [0.15, 0.2) is 47.6 Å². The number of rotatable bonds is 3. The second-order valence-electron chi connectivity index (χ2n) is 4.15. The zero-order chi connectivity index (χ0) is 14.0. The fourth-order valence-electron chi connectivity index (χ4n) is 1.83. The molecule has 0 bridgehead atoms. The van der Waals surface area contributed by atoms with Crippen LogP contribution in [-0.2, 0) is 10.0 Å². The van der Waals surface area contributed by atoms with E-state index in [-0.39, 0.29) is 4.90 Å². The van der Waals surface area contributed by atoms with Gasteiger partial charge in [-0.3, -0.25) is 9.71 Å². The van der Waals surface area contributed by atoms with E-state index in [2.05, 4.69) is 9.71 Å². The monoisotopic (exact) mass is 292 g/mol. The van der Waals surface area contributed by atoms with Gasteiger partial charge in [0.25, 0.3) is 10.0 Å². The zero-order valence-electron chi connectivity index (χ0n) is 10.4. The van der Waals surface area contributed by atoms with Gasteiger partial charge < -0.3 is 9.47 Å². The molecule has 0 aliphatic carbocycles. The molecule has 0 saturated carbocycles. The Morgan fingerprint density at radius 1 is 1.10 bits per heavy atom. The maximum Gasteiger partial charge on any atom is 0.263 e. The molecule has 3 rings (SSSR count). The van der Waals surface area contributed by atoms with E-state index in [1.165, 1.54) is 18.5 Å². The molecule has 0 spiro atoms. The van der Waals surface area contributed by atoms with Crippen molar-refractivity contribution < 1.29 is 17.9 Å². The number of ether oxygens (including phenoxy) is 2. The lowest BCUT2D eigenvalue weighted by Gasteiger charge is -2.19. The summed E-state index contributed by atoms with van der Waals surface area (Å²) in [6.07, 6.45) is 2.81. The number of hydrogen-bond donors (Lipinski definition) is 1. The summed E-state index contributed by atoms with van der Waals surface area (Å²) in [5.41, 5.74) is 0.415. The number of sulfonamides is 1. The maximum absolute atomic E-state index is 12.1. The van der Waals surface area contributed by atoms with Gasteiger partial charge in [-0.05, 0) is 24.3 Å². The van der Waals surface area contributed by atoms with E-state index in [1.54, 1.807) is 24.3 Å². The smallest absolute Gasteiger partial charge is 0.263 e. The van der Waals surface area contributed by atoms with Crippen molar-refractivity contribution in [3.05, 3.63) is 42.7 Å². The van der Waals surface area contributed by atoms with E-state index in [0.717, 1.165) is 0 Å². The van der Waals surface area contributed by atoms with E-state index >= 15 is 0 Å². The Bertz CT molecular complexity index is 716. The van der Waals surface area contributed by atoms with Crippen molar-refractivity contribution in [2.24, 2.45) is 0 Å². The first-order valence-corrected chi connectivity index (χ1v) is 7.46. The highest BCUT2D eigenvalue weighted by molar-refractivity contribution is 7.92. The fourth-order valence-corrected chi connectivity index (χ4v) is 2.84. The number of aromatic nitrogens is 1. The van der Waals surface area contributed by atoms with E-state index < -0.39 is 10.0 Å². The third kappa shape index (κ3) is 2.53. The fraction of sp³-hybridized carbons (Fsp3) is 0.154. The summed E-state index contributed by atoms with van der Waals surface area (Å²) in [4.78, 5) is 3.91. The average Bonchev–Trinajstić information content (AvgIpc) is 2.48. The summed E-state index contributed by atoms with van der Waals surface area (Å²) in [5, 5.41) is 0. The molecule has 0 unspecified atom stereocenters. The minimum atomic E-state index is -3.65. The number of anilines is 1. The van der Waals surface area contributed by atoms with Crippen LogP contribution in [0.25, 0.3) is 0 Å². The number of pyridine rings is 1. The van der Waals surface area contributed by atoms with Crippen LogP contribution in [0.2, 0.25) is 0 Å². The summed E-state index contributed by atoms with van der Waals surface area (Å²) < 4.78 is 37.6. The Kier molecular flexibility index (Phi) is 3.19. The molecule has 0 saturated heterocycles. The van der Waals surface area contributed by atoms with Crippen molar-refractivity contribution in [2.45, 2.75) is 4.90 Å². The van der Waals surface area contributed by atoms with Crippen LogP contribution in [0.4, 0.5) is 5.69 Å². The molecule has 20 heavy (non-hydrogen) atoms. The van der Waals surface area contributed by atoms with Crippen LogP contribution in [0.3, 0.4) is 0 Å². The van der Waals surface area contributed by atoms with Crippen molar-refractivity contribution in [2.75, 3.05) is 17.9 Å². The van der Waals surface area contributed by atoms with Gasteiger partial charge in [-0.1, -0.05) is 0 Å². The molecule has 7 heteroatoms. The second kappa shape index (κ2) is 5.01. The van der Waals surface area contributed by atoms with Gasteiger partial charge in [0.2, 0.25) is 0 Å². The molecule has 104 valence electrons. The van der Waals surface area contributed by atoms with Crippen LogP contribution in [0.1, 0.15) is 0 Å². The summed E-state index contributed by atoms with van der Waals surface area (Å²) >= 11 is 0. The normalized spacial score (nSPS) is 13.8. The zero-order valence-corrected chi connectivity index (χ0v) is 11.3. The Balaban J connectivity index is 1.88. The summed E-state index contributed by atoms with van der Waals surface area (Å²) in [5.74, 6) is 1.14. The lowest BCUT2D eigenvalue weighted by Crippen LogP contribution is -2.16. The Morgan fingerprint density at radius 2 is 1.90 bits per heavy atom. The number of fused-ring (bicyclic) bond motifs is 1. The highest BCUT2D eigenvalue weighted by Crippen LogP contribution is 2.33. The second-order valence-corrected chi connectivity index (χ2v) is 5.84. The van der Waals surface area contributed by atoms with Crippen molar-refractivity contribution in [3.8, 4) is 11.5 Å². The first-order chi connectivity index (χ1) is 9.65. The molecule has 1 aromatic carbocycles. The minimum absolute atomic E-state index is 0.106. The average molecular weight is 292 g/mol. The molecule has 1 aliphatic rings. The standard InChI is InChI=1S/C13H12N2O4S/c16-20(17,11-2-1-5-14-9-11)15-10-3-4-12-13(8-10)19-7-6-18-12/h1-5,8-9,15H,6-7H2. The van der Waals surface area contributed by atoms with Crippen LogP contribution >= 0.6 is 0 Å². The van der Waals surface area contributed by atoms with Gasteiger partial charge in [0.1, 0.15) is 18.1 Å². The number of benzene rings is 1. The molecule has 2 heterocycles. The van der Waals surface area contributed by atoms with Gasteiger partial charge in [-0.2, -0.15) is 0 Å². The lowest BCUT2D eigenvalue weighted by molar-refractivity contribution is 0.171. The van der Waals surface area contributed by atoms with Crippen molar-refractivity contribution >= 4 is 15.7 Å². The van der Waals surface area contributed by atoms with E-state index in [4.69, 9.17) is 9.47 Å². The van der Waals surface area contributed by atoms with Crippen LogP contribution in [0.5, 0.6) is 11.5 Å². The largest absolute Gasteiger partial charge is 0.486 e. The van der Waals surface area contributed by atoms with Crippen molar-refractivity contribution in [3.63, 3.8) is 0 Å². The van der Waals surface area contributed by atoms with Crippen LogP contribution in [0, 0.1) is 0 Å². The lowest BCUT2D eigenvalue weighted by atomic mass is 10.3. The quantitative estimate of drug-likeness (QED) is 0.930. The molecular weight excluding hydrogens is 280 g/mol. The first kappa shape index (κ1) is 12.7. The van der Waals surface area contributed by atoms with Gasteiger partial charge in [0.15, 0.2) is 11.5 Å². The molecule has 1 aliphatic heterocycles. The highest BCUT2D eigenvalue weighted by Gasteiger charge is 2.17. The van der Waals surface area contributed by atoms with Crippen molar-refractivity contribution in [1.29, 1.82) is 0 Å². The number of hydrogen-bond acceptors (Lipinski definition) is 5. The first-order valence-electron chi connectivity index (χ1n) is 5.98. The van der Waals surface area contributed by atoms with Gasteiger partial charge in [-0.25, -0.2) is 8.42 Å². The molecule has 1 N–H and O–H groups in total. The summed E-state index contributed by atoms with van der Waals surface area (Å²) in [6, 6.07) is 7.95. The Hall–Kier alpha value is -2.28. The number of nitrogens with one attached hydrogen (secondary N) is 1. The molecular formula is C13H12N2O4S. The van der Waals surface area contributed by atoms with Gasteiger partial charge >= 0.3 is 0 Å². The van der Waals surface area contributed by atoms with Crippen LogP contribution in [-0.4, -0.2) is 26.6 Å². The van der Waals surface area contributed by atoms with E-state index in [9.17, 15) is 8.42 Å². The molecule has 1 aromatic heterocycles. The summed E-state index contributed by atoms with van der Waals surface area (Å²) in [6.45, 7) is 0.944. The molecule has 0 amide bonds. The Labute approximate surface area is 116 Å². The molecule has 2 aromatic rings. The Morgan fingerprint density at radius 3 is 2.65 bits per heavy atom. The van der Waals surface area contributed by atoms with Crippen molar-refractivity contribution in [1.82, 2.24) is 4.98 Å². The third-order valence-corrected chi connectivity index (χ3v) is 4.11. The highest BCUT2D eigenvalue weighted by atomic mass is 32.2. The number of nitrogens with zero attached hydrogens (tertiary/aromatic N) is 1. The third-order valence-electron chi connectivity index (χ3n) is 2.74. The summed E-state index contributed by atoms with van der Waals surface area (Å²) in [7, 11) is -3.65. The van der Waals surface area contributed by atoms with Gasteiger partial charge in [0.05, 0.1) is 5.69 Å². The molecule has 6 nitrogen and oxygen atoms in total. The topological polar surface area (TPSA) is 77.5 Å². The predicted octanol–water partition coefficient (Wildman–Crippen LogP) is 1.65.